The summed E-state index contributed by atoms with van der Waals surface area (Å²) in [7, 11) is 0. The lowest BCUT2D eigenvalue weighted by Crippen LogP contribution is -1.92. The topological polar surface area (TPSA) is 25.8 Å². The number of fused-ring (bicyclic) bond motifs is 3. The van der Waals surface area contributed by atoms with Crippen molar-refractivity contribution in [2.45, 2.75) is 0 Å². The number of rotatable bonds is 5. The third-order valence-electron chi connectivity index (χ3n) is 9.40. The molecule has 0 N–H and O–H groups in total. The first kappa shape index (κ1) is 27.9. The summed E-state index contributed by atoms with van der Waals surface area (Å²) in [4.78, 5) is 8.79. The van der Waals surface area contributed by atoms with E-state index in [2.05, 4.69) is 156 Å². The number of aromatic nitrogens is 2. The lowest BCUT2D eigenvalue weighted by molar-refractivity contribution is 1.33. The van der Waals surface area contributed by atoms with E-state index in [-0.39, 0.29) is 0 Å². The molecule has 0 aliphatic carbocycles. The van der Waals surface area contributed by atoms with Gasteiger partial charge in [0.25, 0.3) is 0 Å². The molecule has 0 spiro atoms. The van der Waals surface area contributed by atoms with Crippen LogP contribution in [0, 0.1) is 0 Å². The summed E-state index contributed by atoms with van der Waals surface area (Å²) in [5.41, 5.74) is 11.8. The third kappa shape index (κ3) is 4.92. The van der Waals surface area contributed by atoms with Crippen LogP contribution in [0.5, 0.6) is 0 Å². The molecular weight excluding hydrogens is 581 g/mol. The molecule has 0 fully saturated rings. The van der Waals surface area contributed by atoms with Crippen molar-refractivity contribution < 1.29 is 0 Å². The average Bonchev–Trinajstić information content (AvgIpc) is 3.17. The van der Waals surface area contributed by atoms with Crippen LogP contribution in [0.4, 0.5) is 0 Å². The van der Waals surface area contributed by atoms with E-state index in [9.17, 15) is 0 Å². The van der Waals surface area contributed by atoms with Gasteiger partial charge in [-0.3, -0.25) is 9.97 Å². The molecule has 0 bridgehead atoms. The van der Waals surface area contributed by atoms with E-state index in [0.29, 0.717) is 0 Å². The summed E-state index contributed by atoms with van der Waals surface area (Å²) in [6.45, 7) is 0. The standard InChI is InChI=1S/C46H30N2/c1-2-10-32-25-35(20-19-31(32)9-1)36-21-22-43-44(28-36)46(38-14-6-12-34(27-38)40-16-8-24-48-30-40)42-18-4-3-17-41(42)45(43)37-13-5-11-33(26-37)39-15-7-23-47-29-39/h1-30H. The Bertz CT molecular complexity index is 2610. The Balaban J connectivity index is 1.35. The zero-order valence-corrected chi connectivity index (χ0v) is 26.2. The molecular formula is C46H30N2. The molecule has 2 nitrogen and oxygen atoms in total. The minimum absolute atomic E-state index is 1.11. The number of nitrogens with zero attached hydrogens (tertiary/aromatic N) is 2. The largest absolute Gasteiger partial charge is 0.264 e. The van der Waals surface area contributed by atoms with Gasteiger partial charge in [0.15, 0.2) is 0 Å². The average molecular weight is 611 g/mol. The van der Waals surface area contributed by atoms with Crippen molar-refractivity contribution in [3.63, 3.8) is 0 Å². The van der Waals surface area contributed by atoms with Gasteiger partial charge in [0.1, 0.15) is 0 Å². The maximum absolute atomic E-state index is 4.40. The first-order valence-corrected chi connectivity index (χ1v) is 16.3. The minimum Gasteiger partial charge on any atom is -0.264 e. The molecule has 9 rings (SSSR count). The molecule has 0 amide bonds. The molecule has 0 aliphatic heterocycles. The Morgan fingerprint density at radius 1 is 0.271 bits per heavy atom. The van der Waals surface area contributed by atoms with Gasteiger partial charge in [-0.25, -0.2) is 0 Å². The normalized spacial score (nSPS) is 11.3. The SMILES string of the molecule is c1cncc(-c2cccc(-c3c4ccccc4c(-c4cccc(-c5cccnc5)c4)c4cc(-c5ccc6ccccc6c5)ccc34)c2)c1. The van der Waals surface area contributed by atoms with Crippen LogP contribution in [0.25, 0.3) is 88.0 Å². The number of benzene rings is 7. The highest BCUT2D eigenvalue weighted by molar-refractivity contribution is 6.22. The molecule has 0 saturated carbocycles. The van der Waals surface area contributed by atoms with Gasteiger partial charge in [-0.2, -0.15) is 0 Å². The highest BCUT2D eigenvalue weighted by Crippen LogP contribution is 2.46. The fourth-order valence-electron chi connectivity index (χ4n) is 7.12. The Hall–Kier alpha value is -6.38. The Morgan fingerprint density at radius 2 is 0.750 bits per heavy atom. The molecule has 9 aromatic rings. The van der Waals surface area contributed by atoms with E-state index >= 15 is 0 Å². The lowest BCUT2D eigenvalue weighted by Gasteiger charge is -2.19. The fourth-order valence-corrected chi connectivity index (χ4v) is 7.12. The van der Waals surface area contributed by atoms with E-state index in [1.54, 1.807) is 0 Å². The van der Waals surface area contributed by atoms with Crippen molar-refractivity contribution in [3.8, 4) is 55.6 Å². The molecule has 0 atom stereocenters. The van der Waals surface area contributed by atoms with Gasteiger partial charge in [-0.05, 0) is 113 Å². The minimum atomic E-state index is 1.11. The summed E-state index contributed by atoms with van der Waals surface area (Å²) in [5, 5.41) is 7.40. The predicted molar refractivity (Wildman–Crippen MR) is 202 cm³/mol. The van der Waals surface area contributed by atoms with E-state index in [1.165, 1.54) is 65.7 Å². The van der Waals surface area contributed by atoms with Crippen LogP contribution in [-0.2, 0) is 0 Å². The maximum Gasteiger partial charge on any atom is 0.0346 e. The fraction of sp³-hybridized carbons (Fsp3) is 0. The molecule has 2 heteroatoms. The summed E-state index contributed by atoms with van der Waals surface area (Å²) in [5.74, 6) is 0. The predicted octanol–water partition coefficient (Wildman–Crippen LogP) is 12.3. The van der Waals surface area contributed by atoms with Gasteiger partial charge in [0, 0.05) is 35.9 Å². The highest BCUT2D eigenvalue weighted by Gasteiger charge is 2.18. The summed E-state index contributed by atoms with van der Waals surface area (Å²) in [6, 6.07) is 57.2. The van der Waals surface area contributed by atoms with E-state index in [4.69, 9.17) is 0 Å². The van der Waals surface area contributed by atoms with Gasteiger partial charge in [0.05, 0.1) is 0 Å². The molecule has 0 unspecified atom stereocenters. The maximum atomic E-state index is 4.40. The lowest BCUT2D eigenvalue weighted by atomic mass is 9.84. The number of hydrogen-bond donors (Lipinski definition) is 0. The summed E-state index contributed by atoms with van der Waals surface area (Å²) in [6.07, 6.45) is 7.52. The molecule has 0 saturated heterocycles. The van der Waals surface area contributed by atoms with Crippen LogP contribution in [0.3, 0.4) is 0 Å². The second kappa shape index (κ2) is 11.8. The first-order valence-electron chi connectivity index (χ1n) is 16.3. The van der Waals surface area contributed by atoms with Crippen molar-refractivity contribution in [3.05, 3.63) is 183 Å². The quantitative estimate of drug-likeness (QED) is 0.181. The number of pyridine rings is 2. The third-order valence-corrected chi connectivity index (χ3v) is 9.40. The van der Waals surface area contributed by atoms with Gasteiger partial charge in [-0.1, -0.05) is 121 Å². The molecule has 0 radical (unpaired) electrons. The smallest absolute Gasteiger partial charge is 0.0346 e. The monoisotopic (exact) mass is 610 g/mol. The van der Waals surface area contributed by atoms with Gasteiger partial charge < -0.3 is 0 Å². The molecule has 0 aliphatic rings. The molecule has 2 heterocycles. The first-order chi connectivity index (χ1) is 23.8. The van der Waals surface area contributed by atoms with Crippen LogP contribution in [-0.4, -0.2) is 9.97 Å². The van der Waals surface area contributed by atoms with Crippen molar-refractivity contribution in [1.82, 2.24) is 9.97 Å². The van der Waals surface area contributed by atoms with Crippen molar-refractivity contribution in [2.75, 3.05) is 0 Å². The van der Waals surface area contributed by atoms with E-state index in [1.807, 2.05) is 36.9 Å². The molecule has 7 aromatic carbocycles. The highest BCUT2D eigenvalue weighted by atomic mass is 14.6. The van der Waals surface area contributed by atoms with Crippen LogP contribution in [0.1, 0.15) is 0 Å². The molecule has 48 heavy (non-hydrogen) atoms. The second-order valence-corrected chi connectivity index (χ2v) is 12.3. The molecule has 2 aromatic heterocycles. The van der Waals surface area contributed by atoms with Crippen LogP contribution in [0.15, 0.2) is 183 Å². The van der Waals surface area contributed by atoms with Crippen LogP contribution in [0.2, 0.25) is 0 Å². The molecule has 224 valence electrons. The van der Waals surface area contributed by atoms with E-state index in [0.717, 1.165) is 22.3 Å². The van der Waals surface area contributed by atoms with E-state index < -0.39 is 0 Å². The van der Waals surface area contributed by atoms with Gasteiger partial charge >= 0.3 is 0 Å². The Morgan fingerprint density at radius 3 is 1.38 bits per heavy atom. The summed E-state index contributed by atoms with van der Waals surface area (Å²) < 4.78 is 0. The van der Waals surface area contributed by atoms with Gasteiger partial charge in [0.2, 0.25) is 0 Å². The Labute approximate surface area is 279 Å². The van der Waals surface area contributed by atoms with Crippen LogP contribution >= 0.6 is 0 Å². The summed E-state index contributed by atoms with van der Waals surface area (Å²) >= 11 is 0. The van der Waals surface area contributed by atoms with Gasteiger partial charge in [-0.15, -0.1) is 0 Å². The van der Waals surface area contributed by atoms with Crippen molar-refractivity contribution >= 4 is 32.3 Å². The zero-order chi connectivity index (χ0) is 31.9. The van der Waals surface area contributed by atoms with Crippen molar-refractivity contribution in [1.29, 1.82) is 0 Å². The van der Waals surface area contributed by atoms with Crippen LogP contribution < -0.4 is 0 Å². The number of hydrogen-bond acceptors (Lipinski definition) is 2. The zero-order valence-electron chi connectivity index (χ0n) is 26.2. The van der Waals surface area contributed by atoms with Crippen molar-refractivity contribution in [2.24, 2.45) is 0 Å². The Kier molecular flexibility index (Phi) is 6.84. The second-order valence-electron chi connectivity index (χ2n) is 12.3.